The van der Waals surface area contributed by atoms with Crippen LogP contribution in [0.25, 0.3) is 0 Å². The quantitative estimate of drug-likeness (QED) is 0.631. The summed E-state index contributed by atoms with van der Waals surface area (Å²) in [5.74, 6) is -1.07. The molecule has 170 valence electrons. The smallest absolute Gasteiger partial charge is 0.303 e. The van der Waals surface area contributed by atoms with Gasteiger partial charge in [0.15, 0.2) is 24.8 Å². The van der Waals surface area contributed by atoms with Crippen LogP contribution in [0, 0.1) is 0 Å². The lowest BCUT2D eigenvalue weighted by atomic mass is 9.97. The largest absolute Gasteiger partial charge is 0.455 e. The summed E-state index contributed by atoms with van der Waals surface area (Å²) >= 11 is 0. The van der Waals surface area contributed by atoms with Gasteiger partial charge in [-0.25, -0.2) is 0 Å². The third-order valence-corrected chi connectivity index (χ3v) is 5.22. The van der Waals surface area contributed by atoms with Crippen molar-refractivity contribution in [2.45, 2.75) is 57.5 Å². The standard InChI is InChI=1S/C24H26O8/c1-15(25)29-21-20-19(14-28-23(32-20)18-11-7-4-8-12-18)31-24(22(21)30-16(2)26)27-13-17-9-5-3-6-10-17/h3-12,19-24H,13-14H2,1-2H3/t19-,20-,21+,22-,23?,24+/m1/s1. The van der Waals surface area contributed by atoms with Crippen molar-refractivity contribution >= 4 is 11.9 Å². The highest BCUT2D eigenvalue weighted by molar-refractivity contribution is 5.67. The molecule has 8 nitrogen and oxygen atoms in total. The van der Waals surface area contributed by atoms with Crippen LogP contribution in [-0.2, 0) is 44.6 Å². The summed E-state index contributed by atoms with van der Waals surface area (Å²) in [5.41, 5.74) is 1.74. The molecule has 0 aliphatic carbocycles. The number of carbonyl (C=O) groups is 2. The number of hydrogen-bond acceptors (Lipinski definition) is 8. The number of rotatable bonds is 6. The van der Waals surface area contributed by atoms with E-state index in [2.05, 4.69) is 0 Å². The molecule has 2 heterocycles. The van der Waals surface area contributed by atoms with Crippen molar-refractivity contribution in [3.05, 3.63) is 71.8 Å². The van der Waals surface area contributed by atoms with E-state index in [-0.39, 0.29) is 13.2 Å². The summed E-state index contributed by atoms with van der Waals surface area (Å²) in [4.78, 5) is 23.8. The number of hydrogen-bond donors (Lipinski definition) is 0. The maximum atomic E-state index is 11.9. The van der Waals surface area contributed by atoms with E-state index in [1.54, 1.807) is 0 Å². The first-order valence-corrected chi connectivity index (χ1v) is 10.5. The Bertz CT molecular complexity index is 903. The Labute approximate surface area is 186 Å². The van der Waals surface area contributed by atoms with Crippen molar-refractivity contribution in [2.24, 2.45) is 0 Å². The van der Waals surface area contributed by atoms with E-state index < -0.39 is 48.9 Å². The van der Waals surface area contributed by atoms with Crippen LogP contribution in [-0.4, -0.2) is 49.3 Å². The van der Waals surface area contributed by atoms with Gasteiger partial charge in [-0.2, -0.15) is 0 Å². The molecule has 6 atom stereocenters. The summed E-state index contributed by atoms with van der Waals surface area (Å²) in [6, 6.07) is 18.9. The van der Waals surface area contributed by atoms with Gasteiger partial charge >= 0.3 is 11.9 Å². The average molecular weight is 442 g/mol. The van der Waals surface area contributed by atoms with Crippen LogP contribution >= 0.6 is 0 Å². The van der Waals surface area contributed by atoms with E-state index in [0.717, 1.165) is 11.1 Å². The van der Waals surface area contributed by atoms with Crippen molar-refractivity contribution in [1.29, 1.82) is 0 Å². The summed E-state index contributed by atoms with van der Waals surface area (Å²) < 4.78 is 35.1. The molecule has 0 saturated carbocycles. The Kier molecular flexibility index (Phi) is 7.16. The van der Waals surface area contributed by atoms with Gasteiger partial charge in [0.05, 0.1) is 13.2 Å². The van der Waals surface area contributed by atoms with Crippen molar-refractivity contribution in [3.8, 4) is 0 Å². The van der Waals surface area contributed by atoms with E-state index in [1.165, 1.54) is 13.8 Å². The lowest BCUT2D eigenvalue weighted by Crippen LogP contribution is -2.64. The van der Waals surface area contributed by atoms with Crippen LogP contribution in [0.5, 0.6) is 0 Å². The Morgan fingerprint density at radius 3 is 2.16 bits per heavy atom. The normalized spacial score (nSPS) is 29.6. The molecule has 0 radical (unpaired) electrons. The van der Waals surface area contributed by atoms with Gasteiger partial charge in [0, 0.05) is 19.4 Å². The lowest BCUT2D eigenvalue weighted by molar-refractivity contribution is -0.363. The molecule has 32 heavy (non-hydrogen) atoms. The lowest BCUT2D eigenvalue weighted by Gasteiger charge is -2.48. The van der Waals surface area contributed by atoms with E-state index in [0.29, 0.717) is 0 Å². The van der Waals surface area contributed by atoms with Gasteiger partial charge in [-0.1, -0.05) is 60.7 Å². The molecule has 0 N–H and O–H groups in total. The molecule has 2 saturated heterocycles. The number of fused-ring (bicyclic) bond motifs is 1. The monoisotopic (exact) mass is 442 g/mol. The van der Waals surface area contributed by atoms with Gasteiger partial charge in [-0.15, -0.1) is 0 Å². The first kappa shape index (κ1) is 22.4. The Hall–Kier alpha value is -2.78. The van der Waals surface area contributed by atoms with E-state index >= 15 is 0 Å². The van der Waals surface area contributed by atoms with Crippen molar-refractivity contribution in [1.82, 2.24) is 0 Å². The second kappa shape index (κ2) is 10.2. The highest BCUT2D eigenvalue weighted by Crippen LogP contribution is 2.37. The minimum absolute atomic E-state index is 0.194. The molecule has 2 fully saturated rings. The summed E-state index contributed by atoms with van der Waals surface area (Å²) in [7, 11) is 0. The van der Waals surface area contributed by atoms with Crippen LogP contribution < -0.4 is 0 Å². The first-order valence-electron chi connectivity index (χ1n) is 10.5. The maximum Gasteiger partial charge on any atom is 0.303 e. The molecule has 2 aliphatic heterocycles. The number of ether oxygens (including phenoxy) is 6. The minimum atomic E-state index is -1.00. The molecular formula is C24H26O8. The van der Waals surface area contributed by atoms with Crippen molar-refractivity contribution in [3.63, 3.8) is 0 Å². The fourth-order valence-electron chi connectivity index (χ4n) is 3.86. The van der Waals surface area contributed by atoms with Crippen LogP contribution in [0.2, 0.25) is 0 Å². The topological polar surface area (TPSA) is 89.5 Å². The molecule has 0 amide bonds. The Morgan fingerprint density at radius 1 is 0.875 bits per heavy atom. The third-order valence-electron chi connectivity index (χ3n) is 5.22. The summed E-state index contributed by atoms with van der Waals surface area (Å²) in [5, 5.41) is 0. The third kappa shape index (κ3) is 5.34. The number of carbonyl (C=O) groups excluding carboxylic acids is 2. The van der Waals surface area contributed by atoms with E-state index in [9.17, 15) is 9.59 Å². The molecule has 0 bridgehead atoms. The van der Waals surface area contributed by atoms with Crippen molar-refractivity contribution < 1.29 is 38.0 Å². The second-order valence-corrected chi connectivity index (χ2v) is 7.66. The van der Waals surface area contributed by atoms with Crippen molar-refractivity contribution in [2.75, 3.05) is 6.61 Å². The Balaban J connectivity index is 1.57. The maximum absolute atomic E-state index is 11.9. The van der Waals surface area contributed by atoms with Gasteiger partial charge in [0.25, 0.3) is 0 Å². The zero-order valence-corrected chi connectivity index (χ0v) is 17.9. The predicted octanol–water partition coefficient (Wildman–Crippen LogP) is 2.91. The fourth-order valence-corrected chi connectivity index (χ4v) is 3.86. The van der Waals surface area contributed by atoms with E-state index in [4.69, 9.17) is 28.4 Å². The predicted molar refractivity (Wildman–Crippen MR) is 111 cm³/mol. The second-order valence-electron chi connectivity index (χ2n) is 7.66. The van der Waals surface area contributed by atoms with Crippen LogP contribution in [0.15, 0.2) is 60.7 Å². The fraction of sp³-hybridized carbons (Fsp3) is 0.417. The summed E-state index contributed by atoms with van der Waals surface area (Å²) in [6.07, 6.45) is -4.85. The summed E-state index contributed by atoms with van der Waals surface area (Å²) in [6.45, 7) is 2.99. The number of esters is 2. The highest BCUT2D eigenvalue weighted by atomic mass is 16.8. The molecular weight excluding hydrogens is 416 g/mol. The SMILES string of the molecule is CC(=O)O[C@@H]1[C@@H](OC(C)=O)[C@@H](OCc2ccccc2)O[C@@H]2COC(c3ccccc3)O[C@@H]12. The van der Waals surface area contributed by atoms with Gasteiger partial charge in [-0.05, 0) is 5.56 Å². The molecule has 4 rings (SSSR count). The molecule has 8 heteroatoms. The molecule has 1 unspecified atom stereocenters. The Morgan fingerprint density at radius 2 is 1.50 bits per heavy atom. The zero-order chi connectivity index (χ0) is 22.5. The first-order chi connectivity index (χ1) is 15.5. The molecule has 2 aromatic carbocycles. The molecule has 0 aromatic heterocycles. The van der Waals surface area contributed by atoms with Gasteiger partial charge in [-0.3, -0.25) is 9.59 Å². The molecule has 2 aliphatic rings. The van der Waals surface area contributed by atoms with Gasteiger partial charge < -0.3 is 28.4 Å². The van der Waals surface area contributed by atoms with Crippen LogP contribution in [0.4, 0.5) is 0 Å². The van der Waals surface area contributed by atoms with Crippen LogP contribution in [0.3, 0.4) is 0 Å². The highest BCUT2D eigenvalue weighted by Gasteiger charge is 2.53. The van der Waals surface area contributed by atoms with Crippen LogP contribution in [0.1, 0.15) is 31.3 Å². The minimum Gasteiger partial charge on any atom is -0.455 e. The van der Waals surface area contributed by atoms with Gasteiger partial charge in [0.2, 0.25) is 0 Å². The molecule has 2 aromatic rings. The number of benzene rings is 2. The zero-order valence-electron chi connectivity index (χ0n) is 17.9. The average Bonchev–Trinajstić information content (AvgIpc) is 2.80. The molecule has 0 spiro atoms. The van der Waals surface area contributed by atoms with Gasteiger partial charge in [0.1, 0.15) is 12.2 Å². The van der Waals surface area contributed by atoms with E-state index in [1.807, 2.05) is 60.7 Å².